The highest BCUT2D eigenvalue weighted by molar-refractivity contribution is 6.35. The molecule has 0 saturated carbocycles. The number of anilines is 4. The number of nitrogens with one attached hydrogen (secondary N) is 4. The van der Waals surface area contributed by atoms with Gasteiger partial charge in [-0.1, -0.05) is 46.4 Å². The van der Waals surface area contributed by atoms with Crippen LogP contribution in [0, 0.1) is 27.7 Å². The van der Waals surface area contributed by atoms with Gasteiger partial charge in [0.05, 0.1) is 140 Å². The summed E-state index contributed by atoms with van der Waals surface area (Å²) in [6.07, 6.45) is -12.1. The molecule has 12 aromatic rings. The Balaban J connectivity index is 0.000000179. The van der Waals surface area contributed by atoms with Gasteiger partial charge in [0, 0.05) is 45.0 Å². The first-order chi connectivity index (χ1) is 55.7. The second-order valence-electron chi connectivity index (χ2n) is 24.7. The van der Waals surface area contributed by atoms with Gasteiger partial charge in [0.25, 0.3) is 23.6 Å². The molecule has 8 aromatic heterocycles. The van der Waals surface area contributed by atoms with Gasteiger partial charge in [-0.2, -0.15) is 52.7 Å². The minimum absolute atomic E-state index is 0.0234. The smallest absolute Gasteiger partial charge is 0.433 e. The van der Waals surface area contributed by atoms with Crippen molar-refractivity contribution in [2.75, 3.05) is 48.7 Å². The van der Waals surface area contributed by atoms with Crippen molar-refractivity contribution in [1.82, 2.24) is 39.9 Å². The van der Waals surface area contributed by atoms with Crippen molar-refractivity contribution in [1.29, 1.82) is 0 Å². The Morgan fingerprint density at radius 2 is 0.525 bits per heavy atom. The van der Waals surface area contributed by atoms with E-state index >= 15 is 0 Å². The molecule has 0 saturated heterocycles. The first kappa shape index (κ1) is 89.4. The second kappa shape index (κ2) is 39.0. The summed E-state index contributed by atoms with van der Waals surface area (Å²) < 4.78 is 174. The average Bonchev–Trinajstić information content (AvgIpc) is 0.823. The zero-order chi connectivity index (χ0) is 86.1. The number of hydrogen-bond donors (Lipinski definition) is 4. The summed E-state index contributed by atoms with van der Waals surface area (Å²) in [6, 6.07) is 40.6. The van der Waals surface area contributed by atoms with E-state index in [1.165, 1.54) is 54.3 Å². The van der Waals surface area contributed by atoms with Crippen LogP contribution in [0.2, 0.25) is 20.1 Å². The maximum absolute atomic E-state index is 12.8. The third kappa shape index (κ3) is 23.8. The Morgan fingerprint density at radius 1 is 0.314 bits per heavy atom. The van der Waals surface area contributed by atoms with E-state index in [0.717, 1.165) is 48.5 Å². The fourth-order valence-corrected chi connectivity index (χ4v) is 11.6. The molecule has 8 heterocycles. The van der Waals surface area contributed by atoms with Gasteiger partial charge in [-0.05, 0) is 211 Å². The summed E-state index contributed by atoms with van der Waals surface area (Å²) in [5.74, 6) is 0.0705. The first-order valence-corrected chi connectivity index (χ1v) is 36.1. The maximum atomic E-state index is 12.8. The molecule has 0 aliphatic heterocycles. The van der Waals surface area contributed by atoms with Crippen LogP contribution in [0.5, 0.6) is 23.0 Å². The minimum atomic E-state index is -4.57. The van der Waals surface area contributed by atoms with E-state index < -0.39 is 71.1 Å². The molecule has 612 valence electrons. The average molecular weight is 1720 g/mol. The van der Waals surface area contributed by atoms with Gasteiger partial charge in [0.2, 0.25) is 0 Å². The lowest BCUT2D eigenvalue weighted by Crippen LogP contribution is -2.16. The number of alkyl halides is 12. The highest BCUT2D eigenvalue weighted by atomic mass is 35.5. The van der Waals surface area contributed by atoms with Crippen LogP contribution in [0.15, 0.2) is 195 Å². The first-order valence-electron chi connectivity index (χ1n) is 34.6. The molecule has 12 rings (SSSR count). The van der Waals surface area contributed by atoms with Crippen molar-refractivity contribution in [2.45, 2.75) is 66.2 Å². The van der Waals surface area contributed by atoms with Crippen LogP contribution in [0.4, 0.5) is 75.4 Å². The highest BCUT2D eigenvalue weighted by Gasteiger charge is 2.36. The van der Waals surface area contributed by atoms with Crippen molar-refractivity contribution in [2.24, 2.45) is 0 Å². The number of nitrogens with zero attached hydrogens (tertiary/aromatic N) is 8. The van der Waals surface area contributed by atoms with Crippen molar-refractivity contribution < 1.29 is 90.8 Å². The molecule has 4 N–H and O–H groups in total. The molecule has 0 aliphatic carbocycles. The van der Waals surface area contributed by atoms with Crippen LogP contribution in [0.3, 0.4) is 0 Å². The standard InChI is InChI=1S/2C21H17ClF3N3O2.2C20H15ClF3N3O2/c2*1-3-30-14-5-8-18(26-11-14)16-10-13(4-7-17(16)22)28-20(29)15-6-9-19(21(23,24)25)27-12(15)2;2*1-11-14(5-8-18(26-11)20(22,23)24)19(28)27-12-3-6-16(21)15(9-12)17-7-4-13(29-2)10-25-17/h2*4-11H,3H2,1-2H3,(H,28,29);2*3-10H,1-2H3,(H,27,28). The number of aryl methyl sites for hydroxylation is 4. The number of aromatic nitrogens is 8. The molecule has 4 amide bonds. The molecular weight excluding hydrogens is 1650 g/mol. The lowest BCUT2D eigenvalue weighted by molar-refractivity contribution is -0.142. The number of amides is 4. The predicted molar refractivity (Wildman–Crippen MR) is 422 cm³/mol. The number of carbonyl (C=O) groups excluding carboxylic acids is 4. The van der Waals surface area contributed by atoms with Gasteiger partial charge in [-0.25, -0.2) is 19.9 Å². The van der Waals surface area contributed by atoms with Gasteiger partial charge in [-0.15, -0.1) is 0 Å². The van der Waals surface area contributed by atoms with Gasteiger partial charge in [0.1, 0.15) is 45.8 Å². The minimum Gasteiger partial charge on any atom is -0.495 e. The van der Waals surface area contributed by atoms with Crippen molar-refractivity contribution in [3.63, 3.8) is 0 Å². The Morgan fingerprint density at radius 3 is 0.695 bits per heavy atom. The number of benzene rings is 4. The van der Waals surface area contributed by atoms with E-state index in [4.69, 9.17) is 65.4 Å². The molecule has 0 aliphatic rings. The highest BCUT2D eigenvalue weighted by Crippen LogP contribution is 2.38. The van der Waals surface area contributed by atoms with Crippen molar-refractivity contribution >= 4 is 92.8 Å². The molecule has 0 bridgehead atoms. The summed E-state index contributed by atoms with van der Waals surface area (Å²) in [7, 11) is 3.05. The number of hydrogen-bond acceptors (Lipinski definition) is 16. The topological polar surface area (TPSA) is 256 Å². The molecule has 36 heteroatoms. The van der Waals surface area contributed by atoms with Gasteiger partial charge >= 0.3 is 24.7 Å². The number of ether oxygens (including phenoxy) is 4. The summed E-state index contributed by atoms with van der Waals surface area (Å²) in [5.41, 5.74) is 2.12. The SMILES string of the molecule is CCOc1ccc(-c2cc(NC(=O)c3ccc(C(F)(F)F)nc3C)ccc2Cl)nc1.CCOc1ccc(-c2cc(NC(=O)c3ccc(C(F)(F)F)nc3C)ccc2Cl)nc1.COc1ccc(-c2cc(NC(=O)c3ccc(C(F)(F)F)nc3C)ccc2Cl)nc1.COc1ccc(-c2cc(NC(=O)c3ccc(C(F)(F)F)nc3C)ccc2Cl)nc1. The number of pyridine rings is 8. The molecule has 0 radical (unpaired) electrons. The van der Waals surface area contributed by atoms with E-state index in [2.05, 4.69) is 61.1 Å². The lowest BCUT2D eigenvalue weighted by Gasteiger charge is -2.12. The quantitative estimate of drug-likeness (QED) is 0.0582. The zero-order valence-electron chi connectivity index (χ0n) is 62.8. The van der Waals surface area contributed by atoms with Crippen LogP contribution in [-0.2, 0) is 24.7 Å². The van der Waals surface area contributed by atoms with Crippen LogP contribution in [0.1, 0.15) is 101 Å². The predicted octanol–water partition coefficient (Wildman–Crippen LogP) is 22.3. The molecule has 0 fully saturated rings. The third-order valence-electron chi connectivity index (χ3n) is 16.5. The van der Waals surface area contributed by atoms with E-state index in [1.54, 1.807) is 134 Å². The zero-order valence-corrected chi connectivity index (χ0v) is 65.8. The van der Waals surface area contributed by atoms with Crippen LogP contribution >= 0.6 is 46.4 Å². The fourth-order valence-electron chi connectivity index (χ4n) is 10.7. The number of carbonyl (C=O) groups is 4. The Bertz CT molecular complexity index is 5280. The Hall–Kier alpha value is -12.5. The Kier molecular flexibility index (Phi) is 29.5. The van der Waals surface area contributed by atoms with Crippen LogP contribution < -0.4 is 40.2 Å². The molecule has 0 atom stereocenters. The summed E-state index contributed by atoms with van der Waals surface area (Å²) in [5, 5.41) is 12.3. The lowest BCUT2D eigenvalue weighted by atomic mass is 10.1. The molecule has 20 nitrogen and oxygen atoms in total. The summed E-state index contributed by atoms with van der Waals surface area (Å²) in [6.45, 7) is 10.2. The van der Waals surface area contributed by atoms with E-state index in [0.29, 0.717) is 124 Å². The number of methoxy groups -OCH3 is 2. The molecule has 0 spiro atoms. The van der Waals surface area contributed by atoms with Gasteiger partial charge < -0.3 is 40.2 Å². The largest absolute Gasteiger partial charge is 0.495 e. The molecule has 118 heavy (non-hydrogen) atoms. The second-order valence-corrected chi connectivity index (χ2v) is 26.3. The number of rotatable bonds is 18. The summed E-state index contributed by atoms with van der Waals surface area (Å²) >= 11 is 25.0. The molecular formula is C82H64Cl4F12N12O8. The van der Waals surface area contributed by atoms with Gasteiger partial charge in [-0.3, -0.25) is 39.1 Å². The van der Waals surface area contributed by atoms with Crippen molar-refractivity contribution in [3.8, 4) is 68.0 Å². The monoisotopic (exact) mass is 1710 g/mol. The van der Waals surface area contributed by atoms with Gasteiger partial charge in [0.15, 0.2) is 0 Å². The van der Waals surface area contributed by atoms with E-state index in [1.807, 2.05) is 13.8 Å². The van der Waals surface area contributed by atoms with E-state index in [9.17, 15) is 71.9 Å². The Labute approximate surface area is 685 Å². The van der Waals surface area contributed by atoms with E-state index in [-0.39, 0.29) is 45.0 Å². The number of halogens is 16. The van der Waals surface area contributed by atoms with Crippen molar-refractivity contribution in [3.05, 3.63) is 283 Å². The van der Waals surface area contributed by atoms with Crippen LogP contribution in [-0.4, -0.2) is 90.9 Å². The maximum Gasteiger partial charge on any atom is 0.433 e. The molecule has 4 aromatic carbocycles. The third-order valence-corrected chi connectivity index (χ3v) is 17.8. The fraction of sp³-hybridized carbons (Fsp3) is 0.171. The normalized spacial score (nSPS) is 11.3. The summed E-state index contributed by atoms with van der Waals surface area (Å²) in [4.78, 5) is 81.2. The van der Waals surface area contributed by atoms with Crippen LogP contribution in [0.25, 0.3) is 45.0 Å². The molecule has 0 unspecified atom stereocenters.